The molecule has 2 aliphatic heterocycles. The van der Waals surface area contributed by atoms with Crippen LogP contribution in [0.25, 0.3) is 0 Å². The highest BCUT2D eigenvalue weighted by molar-refractivity contribution is 6.08. The number of amides is 1. The molecule has 28 heavy (non-hydrogen) atoms. The van der Waals surface area contributed by atoms with Gasteiger partial charge in [0.05, 0.1) is 31.4 Å². The molecule has 2 aliphatic rings. The number of benzene rings is 1. The quantitative estimate of drug-likeness (QED) is 0.742. The molecule has 0 radical (unpaired) electrons. The van der Waals surface area contributed by atoms with E-state index in [2.05, 4.69) is 13.8 Å². The van der Waals surface area contributed by atoms with Gasteiger partial charge in [-0.15, -0.1) is 0 Å². The maximum Gasteiger partial charge on any atom is 0.290 e. The molecule has 1 aromatic rings. The van der Waals surface area contributed by atoms with Crippen molar-refractivity contribution in [2.75, 3.05) is 39.4 Å². The summed E-state index contributed by atoms with van der Waals surface area (Å²) in [6.07, 6.45) is 0.820. The van der Waals surface area contributed by atoms with Crippen LogP contribution in [-0.2, 0) is 14.3 Å². The molecule has 6 heteroatoms. The number of ketones is 1. The highest BCUT2D eigenvalue weighted by Gasteiger charge is 2.42. The van der Waals surface area contributed by atoms with Crippen LogP contribution in [0.2, 0.25) is 0 Å². The van der Waals surface area contributed by atoms with E-state index < -0.39 is 17.7 Å². The number of nitrogens with zero attached hydrogens (tertiary/aromatic N) is 1. The van der Waals surface area contributed by atoms with Crippen LogP contribution in [0.1, 0.15) is 50.3 Å². The van der Waals surface area contributed by atoms with E-state index >= 15 is 0 Å². The molecule has 1 saturated heterocycles. The summed E-state index contributed by atoms with van der Waals surface area (Å²) in [6.45, 7) is 10.6. The smallest absolute Gasteiger partial charge is 0.290 e. The van der Waals surface area contributed by atoms with Crippen LogP contribution in [0, 0.1) is 0 Å². The molecule has 1 atom stereocenters. The third kappa shape index (κ3) is 4.28. The number of ether oxygens (including phenoxy) is 1. The minimum Gasteiger partial charge on any atom is -0.503 e. The number of aliphatic hydroxyl groups is 1. The van der Waals surface area contributed by atoms with Gasteiger partial charge in [-0.05, 0) is 24.0 Å². The number of hydrogen-bond donors (Lipinski definition) is 2. The lowest BCUT2D eigenvalue weighted by Crippen LogP contribution is -3.14. The fourth-order valence-electron chi connectivity index (χ4n) is 4.06. The molecule has 0 aliphatic carbocycles. The Morgan fingerprint density at radius 1 is 1.25 bits per heavy atom. The number of aliphatic hydroxyl groups excluding tert-OH is 1. The molecule has 0 unspecified atom stereocenters. The summed E-state index contributed by atoms with van der Waals surface area (Å²) >= 11 is 0. The molecule has 2 heterocycles. The number of quaternary nitrogens is 1. The summed E-state index contributed by atoms with van der Waals surface area (Å²) in [4.78, 5) is 28.0. The standard InChI is InChI=1S/C22H30N2O4/c1-15(2)17-5-7-18(8-6-17)20-19(16(3)25)21(26)22(27)24(20)10-4-9-23-11-13-28-14-12-23/h5-8,15,20,26H,4,9-14H2,1-3H3/p+1/t20-/m1/s1. The summed E-state index contributed by atoms with van der Waals surface area (Å²) in [6, 6.07) is 7.50. The maximum atomic E-state index is 12.7. The highest BCUT2D eigenvalue weighted by Crippen LogP contribution is 2.38. The molecule has 0 bridgehead atoms. The first-order valence-electron chi connectivity index (χ1n) is 10.2. The van der Waals surface area contributed by atoms with Gasteiger partial charge in [0.1, 0.15) is 13.1 Å². The minimum absolute atomic E-state index is 0.209. The van der Waals surface area contributed by atoms with E-state index in [1.165, 1.54) is 17.4 Å². The first kappa shape index (κ1) is 20.6. The second-order valence-corrected chi connectivity index (χ2v) is 8.01. The average molecular weight is 388 g/mol. The summed E-state index contributed by atoms with van der Waals surface area (Å²) < 4.78 is 5.39. The molecule has 0 saturated carbocycles. The molecule has 3 rings (SSSR count). The van der Waals surface area contributed by atoms with Crippen molar-refractivity contribution in [3.05, 3.63) is 46.7 Å². The zero-order chi connectivity index (χ0) is 20.3. The second kappa shape index (κ2) is 8.88. The van der Waals surface area contributed by atoms with Gasteiger partial charge < -0.3 is 19.6 Å². The van der Waals surface area contributed by atoms with E-state index in [1.807, 2.05) is 24.3 Å². The predicted molar refractivity (Wildman–Crippen MR) is 106 cm³/mol. The number of morpholine rings is 1. The fraction of sp³-hybridized carbons (Fsp3) is 0.545. The van der Waals surface area contributed by atoms with Crippen LogP contribution < -0.4 is 4.90 Å². The largest absolute Gasteiger partial charge is 0.503 e. The second-order valence-electron chi connectivity index (χ2n) is 8.01. The molecule has 2 N–H and O–H groups in total. The van der Waals surface area contributed by atoms with Crippen molar-refractivity contribution in [2.24, 2.45) is 0 Å². The highest BCUT2D eigenvalue weighted by atomic mass is 16.5. The van der Waals surface area contributed by atoms with E-state index in [4.69, 9.17) is 4.74 Å². The molecule has 0 spiro atoms. The van der Waals surface area contributed by atoms with Gasteiger partial charge in [-0.1, -0.05) is 38.1 Å². The van der Waals surface area contributed by atoms with Gasteiger partial charge in [-0.25, -0.2) is 0 Å². The van der Waals surface area contributed by atoms with Crippen LogP contribution in [0.4, 0.5) is 0 Å². The SMILES string of the molecule is CC(=O)C1=C(O)C(=O)N(CCC[NH+]2CCOCC2)[C@@H]1c1ccc(C(C)C)cc1. The van der Waals surface area contributed by atoms with Crippen molar-refractivity contribution in [1.82, 2.24) is 4.90 Å². The van der Waals surface area contributed by atoms with Gasteiger partial charge in [-0.3, -0.25) is 9.59 Å². The lowest BCUT2D eigenvalue weighted by Gasteiger charge is -2.28. The monoisotopic (exact) mass is 387 g/mol. The van der Waals surface area contributed by atoms with Crippen molar-refractivity contribution in [3.8, 4) is 0 Å². The van der Waals surface area contributed by atoms with Gasteiger partial charge in [0, 0.05) is 13.0 Å². The average Bonchev–Trinajstić information content (AvgIpc) is 2.94. The van der Waals surface area contributed by atoms with Crippen molar-refractivity contribution in [2.45, 2.75) is 39.2 Å². The third-order valence-electron chi connectivity index (χ3n) is 5.73. The van der Waals surface area contributed by atoms with Crippen molar-refractivity contribution < 1.29 is 24.3 Å². The Bertz CT molecular complexity index is 748. The Labute approximate surface area is 166 Å². The Balaban J connectivity index is 1.78. The van der Waals surface area contributed by atoms with E-state index in [-0.39, 0.29) is 11.4 Å². The number of carbonyl (C=O) groups is 2. The van der Waals surface area contributed by atoms with Crippen LogP contribution in [0.15, 0.2) is 35.6 Å². The summed E-state index contributed by atoms with van der Waals surface area (Å²) in [5.74, 6) is -0.697. The van der Waals surface area contributed by atoms with Crippen LogP contribution in [-0.4, -0.2) is 61.1 Å². The van der Waals surface area contributed by atoms with Gasteiger partial charge >= 0.3 is 0 Å². The van der Waals surface area contributed by atoms with Gasteiger partial charge in [0.25, 0.3) is 5.91 Å². The molecule has 1 amide bonds. The first-order valence-corrected chi connectivity index (χ1v) is 10.2. The zero-order valence-corrected chi connectivity index (χ0v) is 17.0. The molecular weight excluding hydrogens is 356 g/mol. The summed E-state index contributed by atoms with van der Waals surface area (Å²) in [5, 5.41) is 10.4. The maximum absolute atomic E-state index is 12.7. The zero-order valence-electron chi connectivity index (χ0n) is 17.0. The third-order valence-corrected chi connectivity index (χ3v) is 5.73. The number of carbonyl (C=O) groups excluding carboxylic acids is 2. The van der Waals surface area contributed by atoms with E-state index in [0.717, 1.165) is 44.8 Å². The van der Waals surface area contributed by atoms with Crippen LogP contribution in [0.3, 0.4) is 0 Å². The molecule has 152 valence electrons. The summed E-state index contributed by atoms with van der Waals surface area (Å²) in [7, 11) is 0. The molecule has 1 aromatic carbocycles. The normalized spacial score (nSPS) is 21.1. The van der Waals surface area contributed by atoms with Crippen molar-refractivity contribution >= 4 is 11.7 Å². The van der Waals surface area contributed by atoms with E-state index in [0.29, 0.717) is 12.5 Å². The lowest BCUT2D eigenvalue weighted by atomic mass is 9.94. The Hall–Kier alpha value is -2.18. The van der Waals surface area contributed by atoms with Crippen molar-refractivity contribution in [3.63, 3.8) is 0 Å². The Morgan fingerprint density at radius 3 is 2.46 bits per heavy atom. The van der Waals surface area contributed by atoms with Crippen molar-refractivity contribution in [1.29, 1.82) is 0 Å². The van der Waals surface area contributed by atoms with E-state index in [9.17, 15) is 14.7 Å². The number of Topliss-reactive ketones (excluding diaryl/α,β-unsaturated/α-hetero) is 1. The molecular formula is C22H31N2O4+. The molecule has 6 nitrogen and oxygen atoms in total. The van der Waals surface area contributed by atoms with Crippen LogP contribution >= 0.6 is 0 Å². The molecule has 1 fully saturated rings. The lowest BCUT2D eigenvalue weighted by molar-refractivity contribution is -0.908. The first-order chi connectivity index (χ1) is 13.4. The number of nitrogens with one attached hydrogen (secondary N) is 1. The van der Waals surface area contributed by atoms with Gasteiger partial charge in [0.15, 0.2) is 11.5 Å². The fourth-order valence-corrected chi connectivity index (χ4v) is 4.06. The topological polar surface area (TPSA) is 71.3 Å². The van der Waals surface area contributed by atoms with Crippen LogP contribution in [0.5, 0.6) is 0 Å². The Kier molecular flexibility index (Phi) is 6.52. The van der Waals surface area contributed by atoms with Gasteiger partial charge in [-0.2, -0.15) is 0 Å². The number of rotatable bonds is 7. The molecule has 0 aromatic heterocycles. The summed E-state index contributed by atoms with van der Waals surface area (Å²) in [5.41, 5.74) is 2.28. The minimum atomic E-state index is -0.508. The Morgan fingerprint density at radius 2 is 1.89 bits per heavy atom. The predicted octanol–water partition coefficient (Wildman–Crippen LogP) is 1.40. The van der Waals surface area contributed by atoms with E-state index in [1.54, 1.807) is 4.90 Å². The van der Waals surface area contributed by atoms with Gasteiger partial charge in [0.2, 0.25) is 0 Å². The number of hydrogen-bond acceptors (Lipinski definition) is 4.